The molecule has 3 rings (SSSR count). The third-order valence-corrected chi connectivity index (χ3v) is 5.12. The van der Waals surface area contributed by atoms with Crippen LogP contribution in [0, 0.1) is 0 Å². The highest BCUT2D eigenvalue weighted by Gasteiger charge is 2.19. The first-order valence-corrected chi connectivity index (χ1v) is 8.84. The van der Waals surface area contributed by atoms with Crippen molar-refractivity contribution < 1.29 is 0 Å². The van der Waals surface area contributed by atoms with Crippen molar-refractivity contribution in [3.63, 3.8) is 0 Å². The van der Waals surface area contributed by atoms with Crippen LogP contribution in [0.15, 0.2) is 47.4 Å². The summed E-state index contributed by atoms with van der Waals surface area (Å²) in [7, 11) is 0. The topological polar surface area (TPSA) is 12.0 Å². The van der Waals surface area contributed by atoms with E-state index >= 15 is 0 Å². The van der Waals surface area contributed by atoms with Crippen LogP contribution in [-0.2, 0) is 12.3 Å². The van der Waals surface area contributed by atoms with Crippen molar-refractivity contribution in [2.24, 2.45) is 0 Å². The Morgan fingerprint density at radius 1 is 1.10 bits per heavy atom. The third kappa shape index (κ3) is 4.65. The highest BCUT2D eigenvalue weighted by molar-refractivity contribution is 7.98. The monoisotopic (exact) mass is 337 g/mol. The smallest absolute Gasteiger partial charge is 0.0447 e. The molecular formula is C17H17Cl2NS. The number of hydrogen-bond donors (Lipinski definition) is 1. The summed E-state index contributed by atoms with van der Waals surface area (Å²) >= 11 is 14.0. The van der Waals surface area contributed by atoms with Gasteiger partial charge in [0.2, 0.25) is 0 Å². The van der Waals surface area contributed by atoms with Gasteiger partial charge in [-0.2, -0.15) is 0 Å². The summed E-state index contributed by atoms with van der Waals surface area (Å²) in [5.74, 6) is 0.832. The molecule has 0 bridgehead atoms. The Hall–Kier alpha value is -0.670. The molecule has 1 nitrogen and oxygen atoms in total. The quantitative estimate of drug-likeness (QED) is 0.694. The zero-order valence-electron chi connectivity index (χ0n) is 11.6. The van der Waals surface area contributed by atoms with Gasteiger partial charge in [-0.05, 0) is 54.3 Å². The molecular weight excluding hydrogens is 321 g/mol. The van der Waals surface area contributed by atoms with Crippen molar-refractivity contribution in [3.8, 4) is 0 Å². The van der Waals surface area contributed by atoms with E-state index in [-0.39, 0.29) is 0 Å². The predicted octanol–water partition coefficient (Wildman–Crippen LogP) is 5.54. The Morgan fingerprint density at radius 2 is 1.95 bits per heavy atom. The van der Waals surface area contributed by atoms with Gasteiger partial charge in [0.1, 0.15) is 0 Å². The molecule has 1 aliphatic carbocycles. The first-order valence-electron chi connectivity index (χ1n) is 7.10. The van der Waals surface area contributed by atoms with Crippen LogP contribution in [0.25, 0.3) is 0 Å². The SMILES string of the molecule is Clc1ccc(Cl)c(CSc2cccc(CNC3CC3)c2)c1. The van der Waals surface area contributed by atoms with Gasteiger partial charge >= 0.3 is 0 Å². The minimum Gasteiger partial charge on any atom is -0.310 e. The molecule has 21 heavy (non-hydrogen) atoms. The number of thioether (sulfide) groups is 1. The van der Waals surface area contributed by atoms with E-state index < -0.39 is 0 Å². The number of nitrogens with one attached hydrogen (secondary N) is 1. The van der Waals surface area contributed by atoms with Crippen molar-refractivity contribution >= 4 is 35.0 Å². The molecule has 2 aromatic carbocycles. The minimum atomic E-state index is 0.734. The Balaban J connectivity index is 1.61. The molecule has 0 amide bonds. The number of rotatable bonds is 6. The van der Waals surface area contributed by atoms with E-state index in [4.69, 9.17) is 23.2 Å². The lowest BCUT2D eigenvalue weighted by Crippen LogP contribution is -2.15. The van der Waals surface area contributed by atoms with Crippen molar-refractivity contribution in [3.05, 3.63) is 63.6 Å². The molecule has 1 saturated carbocycles. The van der Waals surface area contributed by atoms with Gasteiger partial charge in [-0.15, -0.1) is 11.8 Å². The number of hydrogen-bond acceptors (Lipinski definition) is 2. The molecule has 110 valence electrons. The van der Waals surface area contributed by atoms with Gasteiger partial charge in [0.15, 0.2) is 0 Å². The van der Waals surface area contributed by atoms with E-state index in [2.05, 4.69) is 29.6 Å². The molecule has 2 aromatic rings. The minimum absolute atomic E-state index is 0.734. The number of benzene rings is 2. The first kappa shape index (κ1) is 15.2. The zero-order chi connectivity index (χ0) is 14.7. The average Bonchev–Trinajstić information content (AvgIpc) is 3.31. The maximum atomic E-state index is 6.20. The van der Waals surface area contributed by atoms with Gasteiger partial charge in [0.05, 0.1) is 0 Å². The van der Waals surface area contributed by atoms with Crippen molar-refractivity contribution in [2.75, 3.05) is 0 Å². The van der Waals surface area contributed by atoms with Crippen molar-refractivity contribution in [1.82, 2.24) is 5.32 Å². The second kappa shape index (κ2) is 7.06. The van der Waals surface area contributed by atoms with Crippen LogP contribution in [0.5, 0.6) is 0 Å². The highest BCUT2D eigenvalue weighted by Crippen LogP contribution is 2.29. The molecule has 4 heteroatoms. The molecule has 0 radical (unpaired) electrons. The van der Waals surface area contributed by atoms with Crippen molar-refractivity contribution in [2.45, 2.75) is 36.1 Å². The molecule has 1 N–H and O–H groups in total. The summed E-state index contributed by atoms with van der Waals surface area (Å²) in [6, 6.07) is 15.0. The lowest BCUT2D eigenvalue weighted by molar-refractivity contribution is 0.687. The first-order chi connectivity index (χ1) is 10.2. The van der Waals surface area contributed by atoms with Gasteiger partial charge in [-0.3, -0.25) is 0 Å². The van der Waals surface area contributed by atoms with Crippen LogP contribution in [0.4, 0.5) is 0 Å². The normalized spacial score (nSPS) is 14.4. The van der Waals surface area contributed by atoms with Gasteiger partial charge in [-0.25, -0.2) is 0 Å². The van der Waals surface area contributed by atoms with Crippen LogP contribution in [0.2, 0.25) is 10.0 Å². The fraction of sp³-hybridized carbons (Fsp3) is 0.294. The molecule has 1 aliphatic rings. The molecule has 0 aromatic heterocycles. The Kier molecular flexibility index (Phi) is 5.12. The molecule has 0 unspecified atom stereocenters. The number of halogens is 2. The predicted molar refractivity (Wildman–Crippen MR) is 92.3 cm³/mol. The second-order valence-electron chi connectivity index (χ2n) is 5.33. The van der Waals surface area contributed by atoms with Gasteiger partial charge in [0.25, 0.3) is 0 Å². The van der Waals surface area contributed by atoms with Crippen LogP contribution in [-0.4, -0.2) is 6.04 Å². The lowest BCUT2D eigenvalue weighted by atomic mass is 10.2. The van der Waals surface area contributed by atoms with E-state index in [1.807, 2.05) is 18.2 Å². The van der Waals surface area contributed by atoms with E-state index in [1.54, 1.807) is 11.8 Å². The summed E-state index contributed by atoms with van der Waals surface area (Å²) in [5.41, 5.74) is 2.42. The van der Waals surface area contributed by atoms with Crippen LogP contribution in [0.1, 0.15) is 24.0 Å². The molecule has 0 spiro atoms. The fourth-order valence-electron chi connectivity index (χ4n) is 2.11. The lowest BCUT2D eigenvalue weighted by Gasteiger charge is -2.08. The molecule has 0 atom stereocenters. The van der Waals surface area contributed by atoms with Gasteiger partial charge < -0.3 is 5.32 Å². The summed E-state index contributed by atoms with van der Waals surface area (Å²) < 4.78 is 0. The van der Waals surface area contributed by atoms with Crippen LogP contribution in [0.3, 0.4) is 0 Å². The van der Waals surface area contributed by atoms with Gasteiger partial charge in [-0.1, -0.05) is 35.3 Å². The Labute approximate surface area is 140 Å². The second-order valence-corrected chi connectivity index (χ2v) is 7.22. The molecule has 1 fully saturated rings. The van der Waals surface area contributed by atoms with E-state index in [0.717, 1.165) is 33.9 Å². The third-order valence-electron chi connectivity index (χ3n) is 3.47. The van der Waals surface area contributed by atoms with Crippen LogP contribution >= 0.6 is 35.0 Å². The van der Waals surface area contributed by atoms with Crippen LogP contribution < -0.4 is 5.32 Å². The Bertz CT molecular complexity index is 626. The van der Waals surface area contributed by atoms with E-state index in [9.17, 15) is 0 Å². The average molecular weight is 338 g/mol. The maximum absolute atomic E-state index is 6.20. The zero-order valence-corrected chi connectivity index (χ0v) is 13.9. The van der Waals surface area contributed by atoms with E-state index in [0.29, 0.717) is 0 Å². The Morgan fingerprint density at radius 3 is 2.76 bits per heavy atom. The van der Waals surface area contributed by atoms with Crippen molar-refractivity contribution in [1.29, 1.82) is 0 Å². The largest absolute Gasteiger partial charge is 0.310 e. The molecule has 0 heterocycles. The standard InChI is InChI=1S/C17H17Cl2NS/c18-14-4-7-17(19)13(9-14)11-21-16-3-1-2-12(8-16)10-20-15-5-6-15/h1-4,7-9,15,20H,5-6,10-11H2. The molecule has 0 aliphatic heterocycles. The van der Waals surface area contributed by atoms with E-state index in [1.165, 1.54) is 23.3 Å². The van der Waals surface area contributed by atoms with Gasteiger partial charge in [0, 0.05) is 33.3 Å². The maximum Gasteiger partial charge on any atom is 0.0447 e. The fourth-order valence-corrected chi connectivity index (χ4v) is 3.54. The summed E-state index contributed by atoms with van der Waals surface area (Å²) in [6.07, 6.45) is 2.64. The summed E-state index contributed by atoms with van der Waals surface area (Å²) in [5, 5.41) is 5.05. The summed E-state index contributed by atoms with van der Waals surface area (Å²) in [4.78, 5) is 1.26. The molecule has 0 saturated heterocycles. The summed E-state index contributed by atoms with van der Waals surface area (Å²) in [6.45, 7) is 0.955. The highest BCUT2D eigenvalue weighted by atomic mass is 35.5.